The number of alkyl halides is 2. The minimum atomic E-state index is -2.94. The molecule has 3 aromatic rings. The molecule has 0 fully saturated rings. The van der Waals surface area contributed by atoms with E-state index in [1.54, 1.807) is 48.7 Å². The first-order valence-corrected chi connectivity index (χ1v) is 11.2. The van der Waals surface area contributed by atoms with Crippen LogP contribution in [0.4, 0.5) is 8.78 Å². The third-order valence-corrected chi connectivity index (χ3v) is 6.43. The van der Waals surface area contributed by atoms with Gasteiger partial charge in [-0.15, -0.1) is 11.3 Å². The summed E-state index contributed by atoms with van der Waals surface area (Å²) in [5.74, 6) is 1.05. The molecule has 2 heterocycles. The molecule has 2 aromatic carbocycles. The molecule has 33 heavy (non-hydrogen) atoms. The summed E-state index contributed by atoms with van der Waals surface area (Å²) in [7, 11) is 3.18. The average Bonchev–Trinajstić information content (AvgIpc) is 3.35. The van der Waals surface area contributed by atoms with Crippen LogP contribution in [0.5, 0.6) is 17.2 Å². The molecule has 0 radical (unpaired) electrons. The number of hydrogen-bond donors (Lipinski definition) is 0. The highest BCUT2D eigenvalue weighted by molar-refractivity contribution is 7.10. The van der Waals surface area contributed by atoms with E-state index in [9.17, 15) is 13.6 Å². The number of halogens is 2. The molecule has 1 unspecified atom stereocenters. The third-order valence-electron chi connectivity index (χ3n) is 5.51. The molecule has 8 heteroatoms. The highest BCUT2D eigenvalue weighted by atomic mass is 32.1. The normalized spacial score (nSPS) is 15.5. The summed E-state index contributed by atoms with van der Waals surface area (Å²) in [5, 5.41) is 1.97. The molecule has 4 rings (SSSR count). The summed E-state index contributed by atoms with van der Waals surface area (Å²) in [5.41, 5.74) is 2.47. The fraction of sp³-hybridized carbons (Fsp3) is 0.240. The number of rotatable bonds is 7. The van der Waals surface area contributed by atoms with Crippen LogP contribution in [0, 0.1) is 0 Å². The van der Waals surface area contributed by atoms with Crippen molar-refractivity contribution in [2.45, 2.75) is 19.1 Å². The number of nitrogens with zero attached hydrogens (tertiary/aromatic N) is 1. The fourth-order valence-corrected chi connectivity index (χ4v) is 4.87. The number of hydrogen-bond acceptors (Lipinski definition) is 5. The van der Waals surface area contributed by atoms with Crippen molar-refractivity contribution in [2.24, 2.45) is 0 Å². The van der Waals surface area contributed by atoms with E-state index in [0.717, 1.165) is 16.0 Å². The first kappa shape index (κ1) is 22.8. The van der Waals surface area contributed by atoms with Crippen molar-refractivity contribution >= 4 is 23.3 Å². The van der Waals surface area contributed by atoms with Crippen LogP contribution in [0.1, 0.15) is 27.6 Å². The van der Waals surface area contributed by atoms with Gasteiger partial charge in [-0.2, -0.15) is 8.78 Å². The molecule has 0 N–H and O–H groups in total. The zero-order valence-corrected chi connectivity index (χ0v) is 19.0. The Kier molecular flexibility index (Phi) is 6.93. The third kappa shape index (κ3) is 4.85. The van der Waals surface area contributed by atoms with Crippen molar-refractivity contribution in [2.75, 3.05) is 20.8 Å². The second-order valence-corrected chi connectivity index (χ2v) is 8.33. The molecule has 0 saturated carbocycles. The summed E-state index contributed by atoms with van der Waals surface area (Å²) < 4.78 is 40.9. The predicted molar refractivity (Wildman–Crippen MR) is 123 cm³/mol. The van der Waals surface area contributed by atoms with Crippen LogP contribution in [0.3, 0.4) is 0 Å². The van der Waals surface area contributed by atoms with Crippen LogP contribution in [0.25, 0.3) is 6.08 Å². The van der Waals surface area contributed by atoms with Crippen molar-refractivity contribution in [3.05, 3.63) is 81.6 Å². The number of methoxy groups -OCH3 is 2. The van der Waals surface area contributed by atoms with Crippen molar-refractivity contribution in [1.82, 2.24) is 4.90 Å². The fourth-order valence-electron chi connectivity index (χ4n) is 4.02. The summed E-state index contributed by atoms with van der Waals surface area (Å²) in [6.45, 7) is -2.44. The molecular weight excluding hydrogens is 448 g/mol. The summed E-state index contributed by atoms with van der Waals surface area (Å²) in [6, 6.07) is 13.9. The Labute approximate surface area is 194 Å². The van der Waals surface area contributed by atoms with E-state index >= 15 is 0 Å². The average molecular weight is 472 g/mol. The van der Waals surface area contributed by atoms with Gasteiger partial charge in [0.05, 0.1) is 20.3 Å². The molecule has 0 spiro atoms. The Hall–Kier alpha value is -3.39. The second kappa shape index (κ2) is 10.0. The largest absolute Gasteiger partial charge is 0.493 e. The van der Waals surface area contributed by atoms with Gasteiger partial charge < -0.3 is 19.1 Å². The summed E-state index contributed by atoms with van der Waals surface area (Å²) >= 11 is 1.57. The lowest BCUT2D eigenvalue weighted by Crippen LogP contribution is -2.39. The second-order valence-electron chi connectivity index (χ2n) is 7.36. The zero-order valence-electron chi connectivity index (χ0n) is 18.2. The van der Waals surface area contributed by atoms with Crippen molar-refractivity contribution in [3.63, 3.8) is 0 Å². The van der Waals surface area contributed by atoms with E-state index in [1.807, 2.05) is 29.6 Å². The van der Waals surface area contributed by atoms with Gasteiger partial charge in [0, 0.05) is 23.1 Å². The molecule has 1 aliphatic heterocycles. The highest BCUT2D eigenvalue weighted by Crippen LogP contribution is 2.42. The van der Waals surface area contributed by atoms with Crippen molar-refractivity contribution in [1.29, 1.82) is 0 Å². The number of ether oxygens (including phenoxy) is 3. The minimum Gasteiger partial charge on any atom is -0.493 e. The van der Waals surface area contributed by atoms with E-state index in [-0.39, 0.29) is 17.7 Å². The topological polar surface area (TPSA) is 48.0 Å². The molecule has 1 amide bonds. The molecule has 1 atom stereocenters. The maximum absolute atomic E-state index is 13.3. The van der Waals surface area contributed by atoms with E-state index in [1.165, 1.54) is 18.2 Å². The van der Waals surface area contributed by atoms with Crippen LogP contribution in [0.2, 0.25) is 0 Å². The molecule has 0 aliphatic carbocycles. The first-order valence-electron chi connectivity index (χ1n) is 10.3. The molecule has 1 aliphatic rings. The standard InChI is InChI=1S/C25H23F2NO4S/c1-30-20-14-17-11-12-28(24(22-8-5-13-33-22)18(17)15-21(20)31-2)23(29)10-9-16-6-3-4-7-19(16)32-25(26)27/h3-10,13-15,24-25H,11-12H2,1-2H3/b10-9+. The van der Waals surface area contributed by atoms with Crippen LogP contribution >= 0.6 is 11.3 Å². The summed E-state index contributed by atoms with van der Waals surface area (Å²) in [6.07, 6.45) is 3.57. The Morgan fingerprint density at radius 2 is 1.85 bits per heavy atom. The van der Waals surface area contributed by atoms with Gasteiger partial charge in [-0.3, -0.25) is 4.79 Å². The lowest BCUT2D eigenvalue weighted by Gasteiger charge is -2.37. The number of benzene rings is 2. The monoisotopic (exact) mass is 471 g/mol. The zero-order chi connectivity index (χ0) is 23.4. The molecule has 0 bridgehead atoms. The van der Waals surface area contributed by atoms with Crippen LogP contribution < -0.4 is 14.2 Å². The Bertz CT molecular complexity index is 1150. The summed E-state index contributed by atoms with van der Waals surface area (Å²) in [4.78, 5) is 16.1. The smallest absolute Gasteiger partial charge is 0.387 e. The van der Waals surface area contributed by atoms with Crippen LogP contribution in [-0.2, 0) is 11.2 Å². The molecule has 0 saturated heterocycles. The van der Waals surface area contributed by atoms with Gasteiger partial charge in [-0.05, 0) is 53.3 Å². The first-order chi connectivity index (χ1) is 16.0. The molecular formula is C25H23F2NO4S. The van der Waals surface area contributed by atoms with E-state index in [2.05, 4.69) is 4.74 Å². The number of carbonyl (C=O) groups excluding carboxylic acids is 1. The lowest BCUT2D eigenvalue weighted by molar-refractivity contribution is -0.127. The maximum Gasteiger partial charge on any atom is 0.387 e. The quantitative estimate of drug-likeness (QED) is 0.424. The number of carbonyl (C=O) groups is 1. The van der Waals surface area contributed by atoms with Gasteiger partial charge in [0.1, 0.15) is 5.75 Å². The molecule has 172 valence electrons. The predicted octanol–water partition coefficient (Wildman–Crippen LogP) is 5.55. The van der Waals surface area contributed by atoms with E-state index < -0.39 is 6.61 Å². The Morgan fingerprint density at radius 1 is 1.09 bits per heavy atom. The lowest BCUT2D eigenvalue weighted by atomic mass is 9.90. The van der Waals surface area contributed by atoms with Crippen molar-refractivity contribution in [3.8, 4) is 17.2 Å². The van der Waals surface area contributed by atoms with E-state index in [0.29, 0.717) is 30.0 Å². The number of para-hydroxylation sites is 1. The van der Waals surface area contributed by atoms with Gasteiger partial charge in [-0.1, -0.05) is 24.3 Å². The van der Waals surface area contributed by atoms with Gasteiger partial charge in [0.2, 0.25) is 5.91 Å². The van der Waals surface area contributed by atoms with Gasteiger partial charge >= 0.3 is 6.61 Å². The SMILES string of the molecule is COc1cc2c(cc1OC)C(c1cccs1)N(C(=O)/C=C/c1ccccc1OC(F)F)CC2. The molecule has 5 nitrogen and oxygen atoms in total. The van der Waals surface area contributed by atoms with E-state index in [4.69, 9.17) is 9.47 Å². The maximum atomic E-state index is 13.3. The van der Waals surface area contributed by atoms with Crippen LogP contribution in [0.15, 0.2) is 60.0 Å². The Morgan fingerprint density at radius 3 is 2.55 bits per heavy atom. The number of fused-ring (bicyclic) bond motifs is 1. The Balaban J connectivity index is 1.68. The minimum absolute atomic E-state index is 0.0205. The number of thiophene rings is 1. The molecule has 1 aromatic heterocycles. The van der Waals surface area contributed by atoms with Gasteiger partial charge in [-0.25, -0.2) is 0 Å². The highest BCUT2D eigenvalue weighted by Gasteiger charge is 2.33. The van der Waals surface area contributed by atoms with Crippen molar-refractivity contribution < 1.29 is 27.8 Å². The number of amides is 1. The van der Waals surface area contributed by atoms with Crippen LogP contribution in [-0.4, -0.2) is 38.2 Å². The van der Waals surface area contributed by atoms with Gasteiger partial charge in [0.25, 0.3) is 0 Å². The van der Waals surface area contributed by atoms with Gasteiger partial charge in [0.15, 0.2) is 11.5 Å².